The Bertz CT molecular complexity index is 976. The third-order valence-electron chi connectivity index (χ3n) is 3.26. The summed E-state index contributed by atoms with van der Waals surface area (Å²) in [6.07, 6.45) is 0. The summed E-state index contributed by atoms with van der Waals surface area (Å²) in [5.41, 5.74) is 13.1. The first-order valence-electron chi connectivity index (χ1n) is 6.51. The summed E-state index contributed by atoms with van der Waals surface area (Å²) in [6.45, 7) is 0. The smallest absolute Gasteiger partial charge is 0.289 e. The molecule has 2 aromatic heterocycles. The summed E-state index contributed by atoms with van der Waals surface area (Å²) in [4.78, 5) is 16.4. The lowest BCUT2D eigenvalue weighted by molar-refractivity contribution is -0.323. The van der Waals surface area contributed by atoms with Crippen molar-refractivity contribution in [1.29, 1.82) is 5.26 Å². The number of benzene rings is 1. The fraction of sp³-hybridized carbons (Fsp3) is 0. The van der Waals surface area contributed by atoms with E-state index in [-0.39, 0.29) is 11.7 Å². The number of aromatic nitrogens is 1. The Morgan fingerprint density at radius 2 is 2.09 bits per heavy atom. The third-order valence-corrected chi connectivity index (χ3v) is 5.09. The molecule has 0 aliphatic heterocycles. The number of anilines is 3. The highest BCUT2D eigenvalue weighted by Crippen LogP contribution is 2.33. The normalized spacial score (nSPS) is 10.4. The zero-order valence-corrected chi connectivity index (χ0v) is 14.1. The molecule has 23 heavy (non-hydrogen) atoms. The lowest BCUT2D eigenvalue weighted by Gasteiger charge is -2.06. The number of para-hydroxylation sites is 1. The molecule has 0 aliphatic rings. The van der Waals surface area contributed by atoms with E-state index in [9.17, 15) is 4.79 Å². The van der Waals surface area contributed by atoms with Crippen molar-refractivity contribution in [2.45, 2.75) is 0 Å². The Hall–Kier alpha value is -2.63. The van der Waals surface area contributed by atoms with Gasteiger partial charge in [0.05, 0.1) is 16.8 Å². The molecule has 114 valence electrons. The van der Waals surface area contributed by atoms with Crippen molar-refractivity contribution in [3.8, 4) is 6.07 Å². The molecule has 0 spiro atoms. The van der Waals surface area contributed by atoms with Crippen LogP contribution in [0, 0.1) is 11.3 Å². The molecule has 0 saturated carbocycles. The summed E-state index contributed by atoms with van der Waals surface area (Å²) >= 11 is 4.57. The van der Waals surface area contributed by atoms with Crippen LogP contribution in [0.2, 0.25) is 0 Å². The molecule has 6 nitrogen and oxygen atoms in total. The number of nitrogens with two attached hydrogens (primary N) is 2. The van der Waals surface area contributed by atoms with Gasteiger partial charge in [-0.1, -0.05) is 23.5 Å². The number of hydrogen-bond acceptors (Lipinski definition) is 5. The molecule has 0 unspecified atom stereocenters. The number of thiophene rings is 1. The quantitative estimate of drug-likeness (QED) is 0.624. The van der Waals surface area contributed by atoms with Gasteiger partial charge in [0.25, 0.3) is 11.7 Å². The molecular weight excluding hydrogens is 378 g/mol. The fourth-order valence-electron chi connectivity index (χ4n) is 2.11. The van der Waals surface area contributed by atoms with Crippen molar-refractivity contribution < 1.29 is 9.78 Å². The zero-order chi connectivity index (χ0) is 16.6. The van der Waals surface area contributed by atoms with Crippen molar-refractivity contribution in [2.24, 2.45) is 0 Å². The van der Waals surface area contributed by atoms with Crippen LogP contribution in [0.25, 0.3) is 10.2 Å². The molecule has 1 amide bonds. The Morgan fingerprint density at radius 3 is 2.78 bits per heavy atom. The Balaban J connectivity index is 2.03. The molecule has 0 radical (unpaired) electrons. The number of aromatic amines is 1. The molecular formula is C15H11BrN5OS+. The second kappa shape index (κ2) is 5.87. The van der Waals surface area contributed by atoms with Gasteiger partial charge >= 0.3 is 0 Å². The number of amides is 1. The third kappa shape index (κ3) is 2.72. The maximum atomic E-state index is 12.5. The second-order valence-electron chi connectivity index (χ2n) is 4.73. The number of carbonyl (C=O) groups is 1. The van der Waals surface area contributed by atoms with E-state index in [0.717, 1.165) is 4.47 Å². The van der Waals surface area contributed by atoms with E-state index in [1.165, 1.54) is 11.3 Å². The maximum Gasteiger partial charge on any atom is 0.289 e. The van der Waals surface area contributed by atoms with Crippen LogP contribution < -0.4 is 21.8 Å². The monoisotopic (exact) mass is 388 g/mol. The van der Waals surface area contributed by atoms with Crippen molar-refractivity contribution in [2.75, 3.05) is 16.8 Å². The van der Waals surface area contributed by atoms with E-state index in [2.05, 4.69) is 26.2 Å². The first kappa shape index (κ1) is 15.3. The average Bonchev–Trinajstić information content (AvgIpc) is 2.85. The van der Waals surface area contributed by atoms with E-state index in [4.69, 9.17) is 16.7 Å². The molecule has 0 saturated heterocycles. The first-order valence-corrected chi connectivity index (χ1v) is 8.12. The number of nitrogen functional groups attached to an aromatic ring is 2. The molecule has 6 N–H and O–H groups in total. The fourth-order valence-corrected chi connectivity index (χ4v) is 3.50. The highest BCUT2D eigenvalue weighted by molar-refractivity contribution is 9.10. The zero-order valence-electron chi connectivity index (χ0n) is 11.7. The van der Waals surface area contributed by atoms with Crippen molar-refractivity contribution >= 4 is 60.6 Å². The number of hydrogen-bond donors (Lipinski definition) is 3. The number of halogens is 1. The van der Waals surface area contributed by atoms with Crippen LogP contribution >= 0.6 is 27.3 Å². The number of nitriles is 1. The second-order valence-corrected chi connectivity index (χ2v) is 6.61. The van der Waals surface area contributed by atoms with Gasteiger partial charge in [0.15, 0.2) is 4.83 Å². The predicted octanol–water partition coefficient (Wildman–Crippen LogP) is 2.77. The number of fused-ring (bicyclic) bond motifs is 1. The number of H-pyrrole nitrogens is 1. The summed E-state index contributed by atoms with van der Waals surface area (Å²) in [6, 6.07) is 10.9. The van der Waals surface area contributed by atoms with E-state index in [0.29, 0.717) is 32.0 Å². The first-order chi connectivity index (χ1) is 11.0. The molecule has 0 bridgehead atoms. The van der Waals surface area contributed by atoms with Crippen molar-refractivity contribution in [3.63, 3.8) is 0 Å². The highest BCUT2D eigenvalue weighted by Gasteiger charge is 2.21. The van der Waals surface area contributed by atoms with E-state index >= 15 is 0 Å². The molecule has 0 fully saturated rings. The topological polar surface area (TPSA) is 119 Å². The minimum atomic E-state index is -0.318. The SMILES string of the molecule is N#Cc1cc2c(N)c(C(=O)Nc3ccccc3Br)sc2[nH+]c1N. The van der Waals surface area contributed by atoms with E-state index in [1.54, 1.807) is 12.1 Å². The van der Waals surface area contributed by atoms with Gasteiger partial charge in [-0.05, 0) is 34.1 Å². The van der Waals surface area contributed by atoms with Crippen LogP contribution in [0.4, 0.5) is 17.2 Å². The van der Waals surface area contributed by atoms with Crippen molar-refractivity contribution in [3.05, 3.63) is 45.2 Å². The van der Waals surface area contributed by atoms with Crippen LogP contribution in [-0.4, -0.2) is 5.91 Å². The molecule has 2 heterocycles. The van der Waals surface area contributed by atoms with Gasteiger partial charge in [0.2, 0.25) is 0 Å². The van der Waals surface area contributed by atoms with Crippen LogP contribution in [-0.2, 0) is 0 Å². The van der Waals surface area contributed by atoms with Gasteiger partial charge in [-0.25, -0.2) is 4.98 Å². The van der Waals surface area contributed by atoms with E-state index < -0.39 is 0 Å². The van der Waals surface area contributed by atoms with Gasteiger partial charge in [-0.15, -0.1) is 0 Å². The minimum absolute atomic E-state index is 0.249. The summed E-state index contributed by atoms with van der Waals surface area (Å²) < 4.78 is 0.774. The van der Waals surface area contributed by atoms with Gasteiger partial charge in [0, 0.05) is 4.47 Å². The highest BCUT2D eigenvalue weighted by atomic mass is 79.9. The minimum Gasteiger partial charge on any atom is -0.397 e. The van der Waals surface area contributed by atoms with Crippen LogP contribution in [0.15, 0.2) is 34.8 Å². The molecule has 1 aromatic carbocycles. The Morgan fingerprint density at radius 1 is 1.35 bits per heavy atom. The molecule has 0 atom stereocenters. The van der Waals surface area contributed by atoms with Crippen LogP contribution in [0.1, 0.15) is 15.2 Å². The summed E-state index contributed by atoms with van der Waals surface area (Å²) in [5, 5.41) is 12.5. The van der Waals surface area contributed by atoms with Gasteiger partial charge < -0.3 is 11.1 Å². The Labute approximate surface area is 143 Å². The molecule has 3 aromatic rings. The summed E-state index contributed by atoms with van der Waals surface area (Å²) in [5.74, 6) is -0.0694. The average molecular weight is 389 g/mol. The summed E-state index contributed by atoms with van der Waals surface area (Å²) in [7, 11) is 0. The Kier molecular flexibility index (Phi) is 3.90. The van der Waals surface area contributed by atoms with Crippen molar-refractivity contribution in [1.82, 2.24) is 0 Å². The molecule has 0 aliphatic carbocycles. The van der Waals surface area contributed by atoms with Gasteiger partial charge in [-0.2, -0.15) is 5.26 Å². The number of nitrogens with zero attached hydrogens (tertiary/aromatic N) is 1. The lowest BCUT2D eigenvalue weighted by atomic mass is 10.2. The number of nitrogens with one attached hydrogen (secondary N) is 2. The van der Waals surface area contributed by atoms with E-state index in [1.807, 2.05) is 24.3 Å². The number of pyridine rings is 1. The van der Waals surface area contributed by atoms with Gasteiger partial charge in [0.1, 0.15) is 16.5 Å². The predicted molar refractivity (Wildman–Crippen MR) is 94.0 cm³/mol. The number of carbonyl (C=O) groups excluding carboxylic acids is 1. The largest absolute Gasteiger partial charge is 0.397 e. The number of rotatable bonds is 2. The molecule has 3 rings (SSSR count). The molecule has 8 heteroatoms. The van der Waals surface area contributed by atoms with Gasteiger partial charge in [-0.3, -0.25) is 10.5 Å². The van der Waals surface area contributed by atoms with Crippen LogP contribution in [0.3, 0.4) is 0 Å². The lowest BCUT2D eigenvalue weighted by Crippen LogP contribution is -2.12. The standard InChI is InChI=1S/C15H10BrN5OS/c16-9-3-1-2-4-10(9)20-14(22)12-11(18)8-5-7(6-17)13(19)21-15(8)23-12/h1-5H,18H2,(H2,19,21)(H,20,22)/p+1. The van der Waals surface area contributed by atoms with Crippen LogP contribution in [0.5, 0.6) is 0 Å². The maximum absolute atomic E-state index is 12.5.